The molecule has 2 aromatic carbocycles. The molecular weight excluding hydrogens is 492 g/mol. The molecular formula is C28H32N2O8. The van der Waals surface area contributed by atoms with Gasteiger partial charge in [-0.1, -0.05) is 32.0 Å². The van der Waals surface area contributed by atoms with Crippen molar-refractivity contribution in [3.63, 3.8) is 0 Å². The van der Waals surface area contributed by atoms with Gasteiger partial charge < -0.3 is 19.3 Å². The van der Waals surface area contributed by atoms with Gasteiger partial charge in [-0.05, 0) is 42.5 Å². The van der Waals surface area contributed by atoms with Crippen LogP contribution in [0.3, 0.4) is 0 Å². The first kappa shape index (κ1) is 27.1. The average Bonchev–Trinajstić information content (AvgIpc) is 3.39. The number of carbonyl (C=O) groups is 4. The smallest absolute Gasteiger partial charge is 0.341 e. The normalized spacial score (nSPS) is 24.4. The summed E-state index contributed by atoms with van der Waals surface area (Å²) in [6, 6.07) is 7.60. The molecule has 2 aliphatic heterocycles. The maximum Gasteiger partial charge on any atom is 0.341 e. The molecule has 2 N–H and O–H groups in total. The largest absolute Gasteiger partial charge is 0.497 e. The van der Waals surface area contributed by atoms with Crippen LogP contribution in [0.25, 0.3) is 0 Å². The van der Waals surface area contributed by atoms with E-state index in [9.17, 15) is 24.3 Å². The Balaban J connectivity index is 1.98. The lowest BCUT2D eigenvalue weighted by Gasteiger charge is -2.29. The molecule has 0 spiro atoms. The van der Waals surface area contributed by atoms with Gasteiger partial charge in [-0.25, -0.2) is 9.69 Å². The van der Waals surface area contributed by atoms with Crippen LogP contribution in [0, 0.1) is 11.8 Å². The van der Waals surface area contributed by atoms with Gasteiger partial charge in [0.1, 0.15) is 22.6 Å². The highest BCUT2D eigenvalue weighted by molar-refractivity contribution is 6.25. The average molecular weight is 525 g/mol. The van der Waals surface area contributed by atoms with Crippen molar-refractivity contribution in [1.82, 2.24) is 5.32 Å². The molecule has 10 heteroatoms. The highest BCUT2D eigenvalue weighted by atomic mass is 16.5. The van der Waals surface area contributed by atoms with Gasteiger partial charge in [0.15, 0.2) is 0 Å². The van der Waals surface area contributed by atoms with Gasteiger partial charge in [0.05, 0.1) is 38.9 Å². The highest BCUT2D eigenvalue weighted by Crippen LogP contribution is 2.52. The summed E-state index contributed by atoms with van der Waals surface area (Å²) >= 11 is 0. The Kier molecular flexibility index (Phi) is 7.20. The van der Waals surface area contributed by atoms with Crippen LogP contribution in [0.5, 0.6) is 11.5 Å². The molecule has 2 fully saturated rings. The number of fused-ring (bicyclic) bond motifs is 1. The number of para-hydroxylation sites is 1. The molecule has 38 heavy (non-hydrogen) atoms. The fourth-order valence-corrected chi connectivity index (χ4v) is 5.78. The number of esters is 1. The summed E-state index contributed by atoms with van der Waals surface area (Å²) in [6.07, 6.45) is 1.15. The molecule has 2 amide bonds. The maximum atomic E-state index is 14.2. The number of nitrogens with one attached hydrogen (secondary N) is 1. The number of aliphatic carboxylic acids is 1. The second-order valence-corrected chi connectivity index (χ2v) is 9.56. The third kappa shape index (κ3) is 3.91. The van der Waals surface area contributed by atoms with Gasteiger partial charge >= 0.3 is 11.9 Å². The summed E-state index contributed by atoms with van der Waals surface area (Å²) in [5.74, 6) is -5.03. The molecule has 4 atom stereocenters. The summed E-state index contributed by atoms with van der Waals surface area (Å²) in [4.78, 5) is 54.9. The van der Waals surface area contributed by atoms with E-state index in [1.54, 1.807) is 0 Å². The summed E-state index contributed by atoms with van der Waals surface area (Å²) in [5.41, 5.74) is 0.592. The fourth-order valence-electron chi connectivity index (χ4n) is 5.78. The van der Waals surface area contributed by atoms with Gasteiger partial charge in [-0.3, -0.25) is 19.7 Å². The zero-order valence-electron chi connectivity index (χ0n) is 22.3. The fraction of sp³-hybridized carbons (Fsp3) is 0.429. The molecule has 0 saturated carbocycles. The Morgan fingerprint density at radius 3 is 2.16 bits per heavy atom. The number of ether oxygens (including phenoxy) is 3. The van der Waals surface area contributed by atoms with E-state index in [0.29, 0.717) is 24.3 Å². The summed E-state index contributed by atoms with van der Waals surface area (Å²) < 4.78 is 15.8. The van der Waals surface area contributed by atoms with Gasteiger partial charge in [0.25, 0.3) is 0 Å². The van der Waals surface area contributed by atoms with E-state index in [2.05, 4.69) is 5.32 Å². The number of hydrogen-bond donors (Lipinski definition) is 2. The minimum Gasteiger partial charge on any atom is -0.497 e. The Labute approximate surface area is 220 Å². The lowest BCUT2D eigenvalue weighted by atomic mass is 9.80. The first-order chi connectivity index (χ1) is 18.1. The number of carboxylic acids is 1. The second kappa shape index (κ2) is 10.1. The summed E-state index contributed by atoms with van der Waals surface area (Å²) in [5, 5.41) is 13.3. The van der Waals surface area contributed by atoms with Crippen molar-refractivity contribution in [2.45, 2.75) is 45.2 Å². The third-order valence-electron chi connectivity index (χ3n) is 7.71. The number of hydrogen-bond acceptors (Lipinski definition) is 8. The number of methoxy groups -OCH3 is 3. The zero-order valence-corrected chi connectivity index (χ0v) is 22.3. The molecule has 10 nitrogen and oxygen atoms in total. The number of benzene rings is 2. The number of carbonyl (C=O) groups excluding carboxylic acids is 3. The lowest BCUT2D eigenvalue weighted by molar-refractivity contribution is -0.147. The van der Waals surface area contributed by atoms with Crippen molar-refractivity contribution in [1.29, 1.82) is 0 Å². The van der Waals surface area contributed by atoms with Crippen molar-refractivity contribution < 1.29 is 38.5 Å². The third-order valence-corrected chi connectivity index (χ3v) is 7.71. The number of carboxylic acid groups (broad SMARTS) is 1. The number of aryl methyl sites for hydroxylation is 2. The summed E-state index contributed by atoms with van der Waals surface area (Å²) in [7, 11) is 4.02. The van der Waals surface area contributed by atoms with Crippen molar-refractivity contribution in [3.05, 3.63) is 52.6 Å². The molecule has 0 bridgehead atoms. The minimum absolute atomic E-state index is 0.0172. The van der Waals surface area contributed by atoms with E-state index in [-0.39, 0.29) is 16.9 Å². The van der Waals surface area contributed by atoms with Crippen molar-refractivity contribution >= 4 is 29.4 Å². The maximum absolute atomic E-state index is 14.2. The number of amides is 2. The van der Waals surface area contributed by atoms with E-state index in [0.717, 1.165) is 16.0 Å². The lowest BCUT2D eigenvalue weighted by Crippen LogP contribution is -2.53. The predicted molar refractivity (Wildman–Crippen MR) is 137 cm³/mol. The number of nitrogens with zero attached hydrogens (tertiary/aromatic N) is 1. The topological polar surface area (TPSA) is 131 Å². The SMILES string of the molecule is CCc1cccc(CC)c1N1C(=O)C2C(c3cc(OC)cc(OC)c3C(=O)OC)NC(C)(C(=O)O)C2C1=O. The Morgan fingerprint density at radius 2 is 1.66 bits per heavy atom. The number of anilines is 1. The molecule has 4 unspecified atom stereocenters. The molecule has 2 heterocycles. The Morgan fingerprint density at radius 1 is 1.03 bits per heavy atom. The van der Waals surface area contributed by atoms with Gasteiger partial charge in [0, 0.05) is 12.1 Å². The molecule has 2 saturated heterocycles. The first-order valence-electron chi connectivity index (χ1n) is 12.4. The Hall–Kier alpha value is -3.92. The van der Waals surface area contributed by atoms with E-state index in [4.69, 9.17) is 14.2 Å². The molecule has 0 aromatic heterocycles. The van der Waals surface area contributed by atoms with Gasteiger partial charge in [0.2, 0.25) is 11.8 Å². The first-order valence-corrected chi connectivity index (χ1v) is 12.4. The molecule has 0 radical (unpaired) electrons. The monoisotopic (exact) mass is 524 g/mol. The van der Waals surface area contributed by atoms with Crippen LogP contribution >= 0.6 is 0 Å². The van der Waals surface area contributed by atoms with Crippen LogP contribution in [-0.4, -0.2) is 55.7 Å². The molecule has 4 rings (SSSR count). The zero-order chi connectivity index (χ0) is 27.9. The van der Waals surface area contributed by atoms with Crippen molar-refractivity contribution in [2.24, 2.45) is 11.8 Å². The van der Waals surface area contributed by atoms with Crippen LogP contribution in [0.1, 0.15) is 53.9 Å². The van der Waals surface area contributed by atoms with Gasteiger partial charge in [-0.15, -0.1) is 0 Å². The van der Waals surface area contributed by atoms with Crippen LogP contribution in [0.4, 0.5) is 5.69 Å². The molecule has 0 aliphatic carbocycles. The van der Waals surface area contributed by atoms with Crippen LogP contribution in [-0.2, 0) is 32.0 Å². The molecule has 2 aliphatic rings. The standard InChI is InChI=1S/C28H32N2O8/c1-7-14-10-9-11-15(8-2)23(14)30-24(31)20-21(25(30)32)28(3,27(34)35)29-22(20)17-12-16(36-4)13-18(37-5)19(17)26(33)38-6/h9-13,20-22,29H,7-8H2,1-6H3,(H,34,35). The van der Waals surface area contributed by atoms with E-state index < -0.39 is 47.2 Å². The molecule has 2 aromatic rings. The van der Waals surface area contributed by atoms with E-state index >= 15 is 0 Å². The predicted octanol–water partition coefficient (Wildman–Crippen LogP) is 2.91. The van der Waals surface area contributed by atoms with Crippen molar-refractivity contribution in [2.75, 3.05) is 26.2 Å². The van der Waals surface area contributed by atoms with E-state index in [1.165, 1.54) is 40.4 Å². The molecule has 202 valence electrons. The van der Waals surface area contributed by atoms with Crippen LogP contribution < -0.4 is 19.7 Å². The number of rotatable bonds is 8. The number of imide groups is 1. The minimum atomic E-state index is -1.80. The second-order valence-electron chi connectivity index (χ2n) is 9.56. The quantitative estimate of drug-likeness (QED) is 0.395. The van der Waals surface area contributed by atoms with Gasteiger partial charge in [-0.2, -0.15) is 0 Å². The van der Waals surface area contributed by atoms with Crippen LogP contribution in [0.2, 0.25) is 0 Å². The van der Waals surface area contributed by atoms with Crippen molar-refractivity contribution in [3.8, 4) is 11.5 Å². The van der Waals surface area contributed by atoms with E-state index in [1.807, 2.05) is 32.0 Å². The highest BCUT2D eigenvalue weighted by Gasteiger charge is 2.67. The van der Waals surface area contributed by atoms with Crippen LogP contribution in [0.15, 0.2) is 30.3 Å². The summed E-state index contributed by atoms with van der Waals surface area (Å²) in [6.45, 7) is 5.26. The Bertz CT molecular complexity index is 1300.